The van der Waals surface area contributed by atoms with E-state index >= 15 is 0 Å². The van der Waals surface area contributed by atoms with Crippen LogP contribution in [0.25, 0.3) is 0 Å². The summed E-state index contributed by atoms with van der Waals surface area (Å²) in [6.07, 6.45) is 1.48. The van der Waals surface area contributed by atoms with E-state index in [0.717, 1.165) is 6.08 Å². The van der Waals surface area contributed by atoms with E-state index in [1.54, 1.807) is 0 Å². The smallest absolute Gasteiger partial charge is 0.384 e. The fraction of sp³-hybridized carbons (Fsp3) is 0.500. The van der Waals surface area contributed by atoms with Gasteiger partial charge in [-0.1, -0.05) is 6.08 Å². The quantitative estimate of drug-likeness (QED) is 0.375. The van der Waals surface area contributed by atoms with Gasteiger partial charge in [0.15, 0.2) is 0 Å². The van der Waals surface area contributed by atoms with Crippen LogP contribution in [0.1, 0.15) is 6.92 Å². The Morgan fingerprint density at radius 2 is 1.82 bits per heavy atom. The molecule has 0 saturated carbocycles. The van der Waals surface area contributed by atoms with Gasteiger partial charge in [-0.15, -0.1) is 0 Å². The van der Waals surface area contributed by atoms with Crippen molar-refractivity contribution in [2.75, 3.05) is 0 Å². The lowest BCUT2D eigenvalue weighted by Gasteiger charge is -2.04. The lowest BCUT2D eigenvalue weighted by molar-refractivity contribution is -0.0514. The molecule has 0 spiro atoms. The first-order valence-electron chi connectivity index (χ1n) is 2.42. The van der Waals surface area contributed by atoms with Crippen molar-refractivity contribution in [2.24, 2.45) is 0 Å². The van der Waals surface area contributed by atoms with Crippen molar-refractivity contribution in [1.82, 2.24) is 0 Å². The minimum absolute atomic E-state index is 0.447. The molecule has 0 atom stereocenters. The molecule has 3 nitrogen and oxygen atoms in total. The zero-order valence-electron chi connectivity index (χ0n) is 5.42. The number of hydrogen-bond acceptors (Lipinski definition) is 3. The van der Waals surface area contributed by atoms with Crippen LogP contribution in [0.2, 0.25) is 0 Å². The molecule has 0 amide bonds. The average Bonchev–Trinajstić information content (AvgIpc) is 1.81. The Morgan fingerprint density at radius 1 is 1.36 bits per heavy atom. The topological polar surface area (TPSA) is 43.4 Å². The Hall–Kier alpha value is -0.720. The summed E-state index contributed by atoms with van der Waals surface area (Å²) < 4.78 is 57.7. The van der Waals surface area contributed by atoms with Crippen LogP contribution in [-0.2, 0) is 14.3 Å². The molecule has 0 aliphatic heterocycles. The molecule has 7 heteroatoms. The van der Waals surface area contributed by atoms with Crippen LogP contribution in [0.4, 0.5) is 13.2 Å². The van der Waals surface area contributed by atoms with E-state index in [9.17, 15) is 21.6 Å². The Balaban J connectivity index is 4.50. The molecule has 0 aromatic rings. The standard InChI is InChI=1S/C4H5F3O3S/c1-2-3-10-11(8,9)4(5,6)7/h2-3H,1H3. The van der Waals surface area contributed by atoms with Crippen LogP contribution in [0.5, 0.6) is 0 Å². The molecular weight excluding hydrogens is 185 g/mol. The van der Waals surface area contributed by atoms with E-state index in [2.05, 4.69) is 4.18 Å². The van der Waals surface area contributed by atoms with Gasteiger partial charge >= 0.3 is 15.6 Å². The molecule has 0 aliphatic rings. The SMILES string of the molecule is CC=COS(=O)(=O)C(F)(F)F. The number of allylic oxidation sites excluding steroid dienone is 1. The molecule has 0 unspecified atom stereocenters. The molecule has 66 valence electrons. The van der Waals surface area contributed by atoms with Crippen molar-refractivity contribution in [3.8, 4) is 0 Å². The van der Waals surface area contributed by atoms with Gasteiger partial charge < -0.3 is 4.18 Å². The lowest BCUT2D eigenvalue weighted by Crippen LogP contribution is -2.23. The van der Waals surface area contributed by atoms with Crippen molar-refractivity contribution < 1.29 is 25.8 Å². The van der Waals surface area contributed by atoms with Gasteiger partial charge in [0, 0.05) is 0 Å². The molecule has 0 saturated heterocycles. The minimum atomic E-state index is -5.45. The van der Waals surface area contributed by atoms with E-state index < -0.39 is 15.6 Å². The van der Waals surface area contributed by atoms with Gasteiger partial charge in [-0.05, 0) is 6.92 Å². The summed E-state index contributed by atoms with van der Waals surface area (Å²) in [7, 11) is -5.45. The number of hydrogen-bond donors (Lipinski definition) is 0. The van der Waals surface area contributed by atoms with Crippen LogP contribution >= 0.6 is 0 Å². The van der Waals surface area contributed by atoms with Gasteiger partial charge in [-0.2, -0.15) is 21.6 Å². The first-order chi connectivity index (χ1) is 4.81. The third-order valence-corrected chi connectivity index (χ3v) is 1.53. The fourth-order valence-electron chi connectivity index (χ4n) is 0.183. The van der Waals surface area contributed by atoms with Crippen molar-refractivity contribution in [2.45, 2.75) is 12.4 Å². The van der Waals surface area contributed by atoms with Gasteiger partial charge in [-0.25, -0.2) is 0 Å². The second-order valence-electron chi connectivity index (χ2n) is 1.47. The molecule has 0 aromatic heterocycles. The molecule has 0 aliphatic carbocycles. The number of halogens is 3. The summed E-state index contributed by atoms with van der Waals surface area (Å²) in [6, 6.07) is 0. The fourth-order valence-corrected chi connectivity index (χ4v) is 0.550. The maximum Gasteiger partial charge on any atom is 0.534 e. The third kappa shape index (κ3) is 2.79. The van der Waals surface area contributed by atoms with E-state index in [1.165, 1.54) is 6.92 Å². The van der Waals surface area contributed by atoms with Crippen LogP contribution in [0.15, 0.2) is 12.3 Å². The summed E-state index contributed by atoms with van der Waals surface area (Å²) in [5, 5.41) is 0. The van der Waals surface area contributed by atoms with Gasteiger partial charge in [0.25, 0.3) is 0 Å². The molecule has 0 N–H and O–H groups in total. The highest BCUT2D eigenvalue weighted by molar-refractivity contribution is 7.87. The monoisotopic (exact) mass is 190 g/mol. The first kappa shape index (κ1) is 10.3. The molecule has 0 bridgehead atoms. The maximum absolute atomic E-state index is 11.4. The molecule has 11 heavy (non-hydrogen) atoms. The molecule has 0 rings (SSSR count). The summed E-state index contributed by atoms with van der Waals surface area (Å²) >= 11 is 0. The van der Waals surface area contributed by atoms with E-state index in [-0.39, 0.29) is 0 Å². The highest BCUT2D eigenvalue weighted by Crippen LogP contribution is 2.24. The third-order valence-electron chi connectivity index (χ3n) is 0.602. The van der Waals surface area contributed by atoms with Gasteiger partial charge in [0.2, 0.25) is 0 Å². The predicted molar refractivity (Wildman–Crippen MR) is 30.9 cm³/mol. The summed E-state index contributed by atoms with van der Waals surface area (Å²) in [5.74, 6) is 0. The van der Waals surface area contributed by atoms with E-state index in [1.807, 2.05) is 0 Å². The Labute approximate surface area is 61.6 Å². The molecule has 0 heterocycles. The van der Waals surface area contributed by atoms with Crippen molar-refractivity contribution in [3.05, 3.63) is 12.3 Å². The second kappa shape index (κ2) is 3.12. The van der Waals surface area contributed by atoms with E-state index in [0.29, 0.717) is 6.26 Å². The average molecular weight is 190 g/mol. The van der Waals surface area contributed by atoms with Gasteiger partial charge in [0.1, 0.15) is 6.26 Å². The number of alkyl halides is 3. The highest BCUT2D eigenvalue weighted by atomic mass is 32.2. The Morgan fingerprint density at radius 3 is 2.09 bits per heavy atom. The molecular formula is C4H5F3O3S. The van der Waals surface area contributed by atoms with Crippen molar-refractivity contribution >= 4 is 10.1 Å². The molecule has 0 aromatic carbocycles. The largest absolute Gasteiger partial charge is 0.534 e. The Kier molecular flexibility index (Phi) is 2.92. The summed E-state index contributed by atoms with van der Waals surface area (Å²) in [6.45, 7) is 1.33. The van der Waals surface area contributed by atoms with Gasteiger partial charge in [0.05, 0.1) is 0 Å². The first-order valence-corrected chi connectivity index (χ1v) is 3.83. The van der Waals surface area contributed by atoms with Crippen molar-refractivity contribution in [1.29, 1.82) is 0 Å². The lowest BCUT2D eigenvalue weighted by atomic mass is 10.8. The normalized spacial score (nSPS) is 13.8. The van der Waals surface area contributed by atoms with Crippen LogP contribution in [-0.4, -0.2) is 13.9 Å². The highest BCUT2D eigenvalue weighted by Gasteiger charge is 2.47. The molecule has 0 radical (unpaired) electrons. The maximum atomic E-state index is 11.4. The zero-order valence-corrected chi connectivity index (χ0v) is 6.24. The summed E-state index contributed by atoms with van der Waals surface area (Å²) in [4.78, 5) is 0. The Bertz CT molecular complexity index is 238. The number of rotatable bonds is 2. The van der Waals surface area contributed by atoms with Crippen LogP contribution in [0, 0.1) is 0 Å². The zero-order chi connectivity index (χ0) is 9.12. The van der Waals surface area contributed by atoms with Crippen molar-refractivity contribution in [3.63, 3.8) is 0 Å². The van der Waals surface area contributed by atoms with Crippen LogP contribution in [0.3, 0.4) is 0 Å². The summed E-state index contributed by atoms with van der Waals surface area (Å²) in [5.41, 5.74) is -5.35. The van der Waals surface area contributed by atoms with Gasteiger partial charge in [-0.3, -0.25) is 0 Å². The minimum Gasteiger partial charge on any atom is -0.384 e. The molecule has 0 fully saturated rings. The second-order valence-corrected chi connectivity index (χ2v) is 3.03. The van der Waals surface area contributed by atoms with E-state index in [4.69, 9.17) is 0 Å². The predicted octanol–water partition coefficient (Wildman–Crippen LogP) is 1.39. The van der Waals surface area contributed by atoms with Crippen LogP contribution < -0.4 is 0 Å².